The molecule has 0 aromatic rings. The minimum Gasteiger partial charge on any atom is -0.478 e. The highest BCUT2D eigenvalue weighted by Gasteiger charge is 1.88. The van der Waals surface area contributed by atoms with E-state index in [4.69, 9.17) is 10.2 Å². The zero-order chi connectivity index (χ0) is 12.0. The van der Waals surface area contributed by atoms with Gasteiger partial charge in [-0.1, -0.05) is 13.8 Å². The molecule has 0 saturated heterocycles. The summed E-state index contributed by atoms with van der Waals surface area (Å²) < 4.78 is 0. The SMILES string of the molecule is CCP.CCP.O=C(O)C=CC(=O)O. The quantitative estimate of drug-likeness (QED) is 0.566. The Labute approximate surface area is 89.2 Å². The Balaban J connectivity index is -0.000000168. The van der Waals surface area contributed by atoms with Crippen molar-refractivity contribution in [3.05, 3.63) is 12.2 Å². The van der Waals surface area contributed by atoms with Crippen molar-refractivity contribution in [2.45, 2.75) is 13.8 Å². The Morgan fingerprint density at radius 1 is 1.00 bits per heavy atom. The predicted octanol–water partition coefficient (Wildman–Crippen LogP) is 1.47. The predicted molar refractivity (Wildman–Crippen MR) is 64.9 cm³/mol. The first kappa shape index (κ1) is 19.2. The van der Waals surface area contributed by atoms with Crippen LogP contribution in [0.3, 0.4) is 0 Å². The third kappa shape index (κ3) is 62.2. The fourth-order valence-electron chi connectivity index (χ4n) is 0.143. The lowest BCUT2D eigenvalue weighted by molar-refractivity contribution is -0.134. The van der Waals surface area contributed by atoms with E-state index < -0.39 is 11.9 Å². The highest BCUT2D eigenvalue weighted by molar-refractivity contribution is 7.16. The number of hydrogen-bond donors (Lipinski definition) is 2. The normalized spacial score (nSPS) is 8.00. The highest BCUT2D eigenvalue weighted by atomic mass is 31.0. The highest BCUT2D eigenvalue weighted by Crippen LogP contribution is 1.70. The molecule has 0 spiro atoms. The Bertz CT molecular complexity index is 151. The van der Waals surface area contributed by atoms with Crippen LogP contribution in [0.15, 0.2) is 12.2 Å². The van der Waals surface area contributed by atoms with Gasteiger partial charge in [-0.3, -0.25) is 0 Å². The van der Waals surface area contributed by atoms with Crippen LogP contribution in [-0.4, -0.2) is 34.5 Å². The topological polar surface area (TPSA) is 74.6 Å². The van der Waals surface area contributed by atoms with Gasteiger partial charge < -0.3 is 10.2 Å². The van der Waals surface area contributed by atoms with Crippen LogP contribution in [0, 0.1) is 0 Å². The van der Waals surface area contributed by atoms with Crippen LogP contribution in [-0.2, 0) is 9.59 Å². The van der Waals surface area contributed by atoms with Crippen molar-refractivity contribution < 1.29 is 19.8 Å². The summed E-state index contributed by atoms with van der Waals surface area (Å²) in [5.74, 6) is -2.51. The molecular weight excluding hydrogens is 222 g/mol. The monoisotopic (exact) mass is 240 g/mol. The summed E-state index contributed by atoms with van der Waals surface area (Å²) in [5.41, 5.74) is 0. The standard InChI is InChI=1S/C4H4O4.2C2H7P/c5-3(6)1-2-4(7)8;2*1-2-3/h1-2H,(H,5,6)(H,7,8);2*2-3H2,1H3. The Morgan fingerprint density at radius 3 is 1.21 bits per heavy atom. The molecule has 4 nitrogen and oxygen atoms in total. The molecule has 2 unspecified atom stereocenters. The average molecular weight is 240 g/mol. The average Bonchev–Trinajstić information content (AvgIpc) is 2.04. The number of carbonyl (C=O) groups is 2. The van der Waals surface area contributed by atoms with E-state index in [1.165, 1.54) is 12.3 Å². The summed E-state index contributed by atoms with van der Waals surface area (Å²) in [4.78, 5) is 19.1. The maximum atomic E-state index is 9.55. The van der Waals surface area contributed by atoms with Gasteiger partial charge in [0.1, 0.15) is 0 Å². The third-order valence-corrected chi connectivity index (χ3v) is 0.368. The molecule has 0 bridgehead atoms. The molecule has 0 fully saturated rings. The van der Waals surface area contributed by atoms with Crippen molar-refractivity contribution >= 4 is 30.4 Å². The minimum atomic E-state index is -1.26. The fraction of sp³-hybridized carbons (Fsp3) is 0.500. The van der Waals surface area contributed by atoms with Crippen molar-refractivity contribution in [2.75, 3.05) is 12.3 Å². The van der Waals surface area contributed by atoms with Crippen LogP contribution in [0.1, 0.15) is 13.8 Å². The van der Waals surface area contributed by atoms with Crippen LogP contribution >= 0.6 is 18.5 Å². The van der Waals surface area contributed by atoms with E-state index in [0.29, 0.717) is 12.2 Å². The van der Waals surface area contributed by atoms with E-state index in [9.17, 15) is 9.59 Å². The van der Waals surface area contributed by atoms with Gasteiger partial charge in [-0.05, 0) is 12.3 Å². The van der Waals surface area contributed by atoms with E-state index in [0.717, 1.165) is 0 Å². The molecule has 0 amide bonds. The van der Waals surface area contributed by atoms with Gasteiger partial charge >= 0.3 is 11.9 Å². The number of hydrogen-bond acceptors (Lipinski definition) is 2. The molecular formula is C8H18O4P2. The molecule has 2 N–H and O–H groups in total. The summed E-state index contributed by atoms with van der Waals surface area (Å²) in [5, 5.41) is 15.6. The minimum absolute atomic E-state index is 0.558. The first-order valence-corrected chi connectivity index (χ1v) is 5.63. The van der Waals surface area contributed by atoms with Gasteiger partial charge in [0.25, 0.3) is 0 Å². The van der Waals surface area contributed by atoms with Crippen LogP contribution in [0.5, 0.6) is 0 Å². The maximum absolute atomic E-state index is 9.55. The second-order valence-electron chi connectivity index (χ2n) is 1.83. The van der Waals surface area contributed by atoms with Gasteiger partial charge in [-0.2, -0.15) is 0 Å². The van der Waals surface area contributed by atoms with Crippen LogP contribution in [0.25, 0.3) is 0 Å². The van der Waals surface area contributed by atoms with Gasteiger partial charge in [-0.15, -0.1) is 18.5 Å². The Morgan fingerprint density at radius 2 is 1.14 bits per heavy atom. The second kappa shape index (κ2) is 18.3. The summed E-state index contributed by atoms with van der Waals surface area (Å²) in [6, 6.07) is 0. The van der Waals surface area contributed by atoms with Crippen molar-refractivity contribution in [3.63, 3.8) is 0 Å². The first-order valence-electron chi connectivity index (χ1n) is 4.00. The smallest absolute Gasteiger partial charge is 0.328 e. The lowest BCUT2D eigenvalue weighted by atomic mass is 10.5. The summed E-state index contributed by atoms with van der Waals surface area (Å²) >= 11 is 0. The summed E-state index contributed by atoms with van der Waals surface area (Å²) in [6.45, 7) is 4.18. The largest absolute Gasteiger partial charge is 0.478 e. The van der Waals surface area contributed by atoms with E-state index in [-0.39, 0.29) is 0 Å². The van der Waals surface area contributed by atoms with Gasteiger partial charge in [-0.25, -0.2) is 9.59 Å². The van der Waals surface area contributed by atoms with E-state index >= 15 is 0 Å². The molecule has 2 atom stereocenters. The van der Waals surface area contributed by atoms with Gasteiger partial charge in [0.05, 0.1) is 0 Å². The molecule has 0 aliphatic rings. The molecule has 0 aliphatic heterocycles. The lowest BCUT2D eigenvalue weighted by Gasteiger charge is -1.74. The summed E-state index contributed by atoms with van der Waals surface area (Å²) in [7, 11) is 5.16. The lowest BCUT2D eigenvalue weighted by Crippen LogP contribution is -1.91. The number of aliphatic carboxylic acids is 2. The Kier molecular flexibility index (Phi) is 25.1. The molecule has 0 heterocycles. The molecule has 84 valence electrons. The fourth-order valence-corrected chi connectivity index (χ4v) is 0.143. The maximum Gasteiger partial charge on any atom is 0.328 e. The van der Waals surface area contributed by atoms with E-state index in [1.807, 2.05) is 0 Å². The molecule has 0 aromatic carbocycles. The van der Waals surface area contributed by atoms with Crippen LogP contribution in [0.2, 0.25) is 0 Å². The number of carboxylic acid groups (broad SMARTS) is 2. The van der Waals surface area contributed by atoms with Crippen molar-refractivity contribution in [2.24, 2.45) is 0 Å². The zero-order valence-corrected chi connectivity index (χ0v) is 10.7. The summed E-state index contributed by atoms with van der Waals surface area (Å²) in [6.07, 6.45) is 3.45. The zero-order valence-electron chi connectivity index (χ0n) is 8.43. The molecule has 14 heavy (non-hydrogen) atoms. The van der Waals surface area contributed by atoms with Gasteiger partial charge in [0, 0.05) is 12.2 Å². The van der Waals surface area contributed by atoms with Gasteiger partial charge in [0.15, 0.2) is 0 Å². The Hall–Kier alpha value is -0.460. The third-order valence-electron chi connectivity index (χ3n) is 0.368. The van der Waals surface area contributed by atoms with E-state index in [1.54, 1.807) is 0 Å². The molecule has 0 saturated carbocycles. The van der Waals surface area contributed by atoms with Crippen molar-refractivity contribution in [1.29, 1.82) is 0 Å². The first-order chi connectivity index (χ1) is 6.45. The molecule has 0 radical (unpaired) electrons. The molecule has 6 heteroatoms. The van der Waals surface area contributed by atoms with Crippen LogP contribution in [0.4, 0.5) is 0 Å². The molecule has 0 rings (SSSR count). The number of rotatable bonds is 2. The number of carboxylic acids is 2. The molecule has 0 aromatic heterocycles. The van der Waals surface area contributed by atoms with Crippen LogP contribution < -0.4 is 0 Å². The van der Waals surface area contributed by atoms with Crippen molar-refractivity contribution in [3.8, 4) is 0 Å². The van der Waals surface area contributed by atoms with Crippen molar-refractivity contribution in [1.82, 2.24) is 0 Å². The van der Waals surface area contributed by atoms with Gasteiger partial charge in [0.2, 0.25) is 0 Å². The van der Waals surface area contributed by atoms with E-state index in [2.05, 4.69) is 32.3 Å². The second-order valence-corrected chi connectivity index (χ2v) is 3.46. The molecule has 0 aliphatic carbocycles.